The molecule has 0 aromatic heterocycles. The van der Waals surface area contributed by atoms with Gasteiger partial charge >= 0.3 is 0 Å². The van der Waals surface area contributed by atoms with Crippen LogP contribution in [0.4, 0.5) is 0 Å². The second-order valence-corrected chi connectivity index (χ2v) is 4.74. The fourth-order valence-corrected chi connectivity index (χ4v) is 2.41. The van der Waals surface area contributed by atoms with Crippen molar-refractivity contribution in [2.24, 2.45) is 0 Å². The normalized spacial score (nSPS) is 20.8. The van der Waals surface area contributed by atoms with E-state index in [1.54, 1.807) is 0 Å². The molecule has 0 heterocycles. The number of hydrogen-bond donors (Lipinski definition) is 0. The van der Waals surface area contributed by atoms with E-state index in [9.17, 15) is 0 Å². The lowest BCUT2D eigenvalue weighted by molar-refractivity contribution is 0.0154. The summed E-state index contributed by atoms with van der Waals surface area (Å²) in [5.74, 6) is 0. The van der Waals surface area contributed by atoms with Gasteiger partial charge in [-0.25, -0.2) is 0 Å². The van der Waals surface area contributed by atoms with E-state index in [2.05, 4.69) is 37.9 Å². The minimum Gasteiger partial charge on any atom is -0.308 e. The SMILES string of the molecule is CCCN(C)C1(CN(C)C)CCC1. The molecular weight excluding hydrogens is 160 g/mol. The molecule has 0 aromatic carbocycles. The van der Waals surface area contributed by atoms with E-state index >= 15 is 0 Å². The molecule has 78 valence electrons. The first kappa shape index (κ1) is 11.0. The summed E-state index contributed by atoms with van der Waals surface area (Å²) in [6.45, 7) is 4.73. The summed E-state index contributed by atoms with van der Waals surface area (Å²) >= 11 is 0. The zero-order chi connectivity index (χ0) is 9.90. The van der Waals surface area contributed by atoms with Gasteiger partial charge in [0.2, 0.25) is 0 Å². The van der Waals surface area contributed by atoms with Crippen LogP contribution < -0.4 is 0 Å². The summed E-state index contributed by atoms with van der Waals surface area (Å²) in [7, 11) is 6.64. The van der Waals surface area contributed by atoms with E-state index < -0.39 is 0 Å². The highest BCUT2D eigenvalue weighted by molar-refractivity contribution is 4.98. The highest BCUT2D eigenvalue weighted by Crippen LogP contribution is 2.37. The molecular formula is C11H24N2. The Morgan fingerprint density at radius 3 is 2.08 bits per heavy atom. The molecule has 0 amide bonds. The van der Waals surface area contributed by atoms with Crippen molar-refractivity contribution < 1.29 is 0 Å². The Bertz CT molecular complexity index is 150. The Kier molecular flexibility index (Phi) is 3.74. The van der Waals surface area contributed by atoms with Crippen LogP contribution >= 0.6 is 0 Å². The maximum atomic E-state index is 2.57. The minimum atomic E-state index is 0.513. The van der Waals surface area contributed by atoms with Gasteiger partial charge in [0, 0.05) is 12.1 Å². The summed E-state index contributed by atoms with van der Waals surface area (Å²) in [6, 6.07) is 0. The Balaban J connectivity index is 2.47. The van der Waals surface area contributed by atoms with Gasteiger partial charge in [-0.3, -0.25) is 4.90 Å². The first-order chi connectivity index (χ1) is 6.10. The van der Waals surface area contributed by atoms with Crippen LogP contribution in [0.1, 0.15) is 32.6 Å². The van der Waals surface area contributed by atoms with E-state index in [-0.39, 0.29) is 0 Å². The van der Waals surface area contributed by atoms with Gasteiger partial charge in [-0.2, -0.15) is 0 Å². The summed E-state index contributed by atoms with van der Waals surface area (Å²) in [6.07, 6.45) is 5.47. The summed E-state index contributed by atoms with van der Waals surface area (Å²) in [5.41, 5.74) is 0.513. The molecule has 2 nitrogen and oxygen atoms in total. The molecule has 0 spiro atoms. The molecule has 1 saturated carbocycles. The van der Waals surface area contributed by atoms with E-state index in [4.69, 9.17) is 0 Å². The largest absolute Gasteiger partial charge is 0.308 e. The number of nitrogens with zero attached hydrogens (tertiary/aromatic N) is 2. The third kappa shape index (κ3) is 2.44. The average Bonchev–Trinajstić information content (AvgIpc) is 1.96. The molecule has 1 aliphatic rings. The van der Waals surface area contributed by atoms with Crippen molar-refractivity contribution in [3.63, 3.8) is 0 Å². The van der Waals surface area contributed by atoms with E-state index in [0.29, 0.717) is 5.54 Å². The molecule has 0 saturated heterocycles. The molecule has 0 bridgehead atoms. The van der Waals surface area contributed by atoms with Crippen molar-refractivity contribution in [2.75, 3.05) is 34.2 Å². The van der Waals surface area contributed by atoms with Crippen LogP contribution in [0.25, 0.3) is 0 Å². The van der Waals surface area contributed by atoms with Gasteiger partial charge in [-0.1, -0.05) is 6.92 Å². The number of rotatable bonds is 5. The quantitative estimate of drug-likeness (QED) is 0.643. The molecule has 0 aromatic rings. The van der Waals surface area contributed by atoms with Crippen LogP contribution in [0.15, 0.2) is 0 Å². The molecule has 2 heteroatoms. The molecule has 0 aliphatic heterocycles. The van der Waals surface area contributed by atoms with Gasteiger partial charge in [0.05, 0.1) is 0 Å². The molecule has 0 unspecified atom stereocenters. The lowest BCUT2D eigenvalue weighted by Gasteiger charge is -2.50. The third-order valence-electron chi connectivity index (χ3n) is 3.26. The molecule has 0 radical (unpaired) electrons. The Morgan fingerprint density at radius 1 is 1.15 bits per heavy atom. The van der Waals surface area contributed by atoms with Crippen LogP contribution in [0, 0.1) is 0 Å². The second kappa shape index (κ2) is 4.43. The molecule has 13 heavy (non-hydrogen) atoms. The van der Waals surface area contributed by atoms with Crippen LogP contribution in [0.5, 0.6) is 0 Å². The average molecular weight is 184 g/mol. The van der Waals surface area contributed by atoms with Crippen molar-refractivity contribution in [1.82, 2.24) is 9.80 Å². The minimum absolute atomic E-state index is 0.513. The van der Waals surface area contributed by atoms with E-state index in [1.807, 2.05) is 0 Å². The third-order valence-corrected chi connectivity index (χ3v) is 3.26. The zero-order valence-corrected chi connectivity index (χ0v) is 9.64. The summed E-state index contributed by atoms with van der Waals surface area (Å²) in [5, 5.41) is 0. The van der Waals surface area contributed by atoms with Crippen molar-refractivity contribution >= 4 is 0 Å². The fraction of sp³-hybridized carbons (Fsp3) is 1.00. The molecule has 1 fully saturated rings. The Labute approximate surface area is 82.9 Å². The van der Waals surface area contributed by atoms with Crippen molar-refractivity contribution in [2.45, 2.75) is 38.1 Å². The lowest BCUT2D eigenvalue weighted by atomic mass is 9.75. The fourth-order valence-electron chi connectivity index (χ4n) is 2.41. The summed E-state index contributed by atoms with van der Waals surface area (Å²) in [4.78, 5) is 4.89. The van der Waals surface area contributed by atoms with Gasteiger partial charge in [0.1, 0.15) is 0 Å². The van der Waals surface area contributed by atoms with Crippen LogP contribution in [0.2, 0.25) is 0 Å². The maximum Gasteiger partial charge on any atom is 0.0333 e. The highest BCUT2D eigenvalue weighted by Gasteiger charge is 2.40. The maximum absolute atomic E-state index is 2.57. The predicted molar refractivity (Wildman–Crippen MR) is 58.1 cm³/mol. The van der Waals surface area contributed by atoms with Crippen LogP contribution in [-0.4, -0.2) is 49.6 Å². The van der Waals surface area contributed by atoms with Crippen molar-refractivity contribution in [3.05, 3.63) is 0 Å². The smallest absolute Gasteiger partial charge is 0.0333 e. The zero-order valence-electron chi connectivity index (χ0n) is 9.64. The molecule has 0 N–H and O–H groups in total. The van der Waals surface area contributed by atoms with Crippen molar-refractivity contribution in [1.29, 1.82) is 0 Å². The summed E-state index contributed by atoms with van der Waals surface area (Å²) < 4.78 is 0. The lowest BCUT2D eigenvalue weighted by Crippen LogP contribution is -2.57. The van der Waals surface area contributed by atoms with Gasteiger partial charge < -0.3 is 4.90 Å². The first-order valence-electron chi connectivity index (χ1n) is 5.47. The van der Waals surface area contributed by atoms with Gasteiger partial charge in [-0.15, -0.1) is 0 Å². The molecule has 0 atom stereocenters. The highest BCUT2D eigenvalue weighted by atomic mass is 15.2. The molecule has 1 aliphatic carbocycles. The van der Waals surface area contributed by atoms with Gasteiger partial charge in [0.25, 0.3) is 0 Å². The second-order valence-electron chi connectivity index (χ2n) is 4.74. The predicted octanol–water partition coefficient (Wildman–Crippen LogP) is 1.81. The van der Waals surface area contributed by atoms with Crippen LogP contribution in [0.3, 0.4) is 0 Å². The Hall–Kier alpha value is -0.0800. The topological polar surface area (TPSA) is 6.48 Å². The van der Waals surface area contributed by atoms with Crippen LogP contribution in [-0.2, 0) is 0 Å². The Morgan fingerprint density at radius 2 is 1.77 bits per heavy atom. The number of hydrogen-bond acceptors (Lipinski definition) is 2. The number of likely N-dealkylation sites (N-methyl/N-ethyl adjacent to an activating group) is 2. The first-order valence-corrected chi connectivity index (χ1v) is 5.47. The van der Waals surface area contributed by atoms with Gasteiger partial charge in [-0.05, 0) is 53.4 Å². The van der Waals surface area contributed by atoms with Gasteiger partial charge in [0.15, 0.2) is 0 Å². The molecule has 1 rings (SSSR count). The van der Waals surface area contributed by atoms with E-state index in [1.165, 1.54) is 38.8 Å². The standard InChI is InChI=1S/C11H24N2/c1-5-9-13(4)11(7-6-8-11)10-12(2)3/h5-10H2,1-4H3. The monoisotopic (exact) mass is 184 g/mol. The van der Waals surface area contributed by atoms with Crippen molar-refractivity contribution in [3.8, 4) is 0 Å². The van der Waals surface area contributed by atoms with E-state index in [0.717, 1.165) is 0 Å².